The monoisotopic (exact) mass is 557 g/mol. The summed E-state index contributed by atoms with van der Waals surface area (Å²) in [6.45, 7) is 7.98. The highest BCUT2D eigenvalue weighted by atomic mass is 32.1. The number of nitrogens with one attached hydrogen (secondary N) is 1. The van der Waals surface area contributed by atoms with Crippen molar-refractivity contribution in [3.63, 3.8) is 0 Å². The summed E-state index contributed by atoms with van der Waals surface area (Å²) in [5.74, 6) is 1.32. The smallest absolute Gasteiger partial charge is 0.271 e. The van der Waals surface area contributed by atoms with Gasteiger partial charge >= 0.3 is 0 Å². The first kappa shape index (κ1) is 27.1. The lowest BCUT2D eigenvalue weighted by Crippen LogP contribution is -2.29. The third-order valence-corrected chi connectivity index (χ3v) is 7.30. The highest BCUT2D eigenvalue weighted by molar-refractivity contribution is 7.80. The van der Waals surface area contributed by atoms with Crippen molar-refractivity contribution in [2.75, 3.05) is 12.0 Å². The minimum absolute atomic E-state index is 0.00902. The molecule has 0 aliphatic carbocycles. The van der Waals surface area contributed by atoms with E-state index in [1.54, 1.807) is 25.4 Å². The fourth-order valence-electron chi connectivity index (χ4n) is 5.33. The molecule has 206 valence electrons. The van der Waals surface area contributed by atoms with Crippen LogP contribution in [0, 0.1) is 24.0 Å². The molecule has 0 amide bonds. The molecule has 5 rings (SSSR count). The predicted octanol–water partition coefficient (Wildman–Crippen LogP) is 6.37. The molecule has 1 saturated heterocycles. The van der Waals surface area contributed by atoms with E-state index < -0.39 is 4.92 Å². The molecule has 0 spiro atoms. The molecular formula is C30H31N5O4S. The number of pyridine rings is 1. The van der Waals surface area contributed by atoms with Gasteiger partial charge in [0.05, 0.1) is 41.6 Å². The van der Waals surface area contributed by atoms with E-state index in [4.69, 9.17) is 21.7 Å². The van der Waals surface area contributed by atoms with Crippen molar-refractivity contribution in [2.45, 2.75) is 45.9 Å². The number of nitro groups is 1. The molecule has 4 aromatic rings. The Morgan fingerprint density at radius 1 is 1.07 bits per heavy atom. The van der Waals surface area contributed by atoms with Gasteiger partial charge in [-0.15, -0.1) is 0 Å². The third-order valence-electron chi connectivity index (χ3n) is 6.99. The number of non-ortho nitro benzene ring substituents is 1. The van der Waals surface area contributed by atoms with Crippen LogP contribution >= 0.6 is 12.2 Å². The van der Waals surface area contributed by atoms with Gasteiger partial charge in [0.2, 0.25) is 0 Å². The minimum atomic E-state index is -0.400. The second-order valence-corrected chi connectivity index (χ2v) is 10.3. The lowest BCUT2D eigenvalue weighted by Gasteiger charge is -2.28. The van der Waals surface area contributed by atoms with Crippen LogP contribution < -0.4 is 19.7 Å². The van der Waals surface area contributed by atoms with Crippen molar-refractivity contribution in [2.24, 2.45) is 0 Å². The molecule has 1 aliphatic heterocycles. The van der Waals surface area contributed by atoms with E-state index in [1.807, 2.05) is 74.7 Å². The fraction of sp³-hybridized carbons (Fsp3) is 0.267. The Labute approximate surface area is 238 Å². The summed E-state index contributed by atoms with van der Waals surface area (Å²) in [5, 5.41) is 15.7. The summed E-state index contributed by atoms with van der Waals surface area (Å²) in [4.78, 5) is 17.9. The van der Waals surface area contributed by atoms with Crippen LogP contribution in [0.15, 0.2) is 72.9 Å². The van der Waals surface area contributed by atoms with Crippen LogP contribution in [0.4, 0.5) is 11.4 Å². The van der Waals surface area contributed by atoms with Crippen molar-refractivity contribution >= 4 is 28.7 Å². The average Bonchev–Trinajstić information content (AvgIpc) is 3.43. The number of ether oxygens (including phenoxy) is 2. The zero-order chi connectivity index (χ0) is 28.6. The molecule has 1 N–H and O–H groups in total. The van der Waals surface area contributed by atoms with E-state index in [2.05, 4.69) is 21.3 Å². The summed E-state index contributed by atoms with van der Waals surface area (Å²) >= 11 is 5.90. The zero-order valence-electron chi connectivity index (χ0n) is 23.0. The molecule has 2 aromatic carbocycles. The number of aromatic nitrogens is 2. The Morgan fingerprint density at radius 2 is 1.82 bits per heavy atom. The second-order valence-electron chi connectivity index (χ2n) is 9.93. The molecular weight excluding hydrogens is 526 g/mol. The van der Waals surface area contributed by atoms with Gasteiger partial charge in [0.15, 0.2) is 5.11 Å². The van der Waals surface area contributed by atoms with E-state index in [0.29, 0.717) is 16.5 Å². The third kappa shape index (κ3) is 4.98. The summed E-state index contributed by atoms with van der Waals surface area (Å²) in [5.41, 5.74) is 5.19. The van der Waals surface area contributed by atoms with Gasteiger partial charge in [-0.05, 0) is 94.0 Å². The standard InChI is InChI=1S/C30H31N5O4S/c1-18(2)39-23-12-9-21(10-13-23)34-29(28(32-30(34)40)25-8-6-7-15-31-25)24-16-19(3)33(20(24)4)26-17-22(35(36)37)11-14-27(26)38-5/h6-18,28-29H,1-5H3,(H,32,40)/t28-,29+/m0/s1. The molecule has 3 heterocycles. The molecule has 9 nitrogen and oxygen atoms in total. The van der Waals surface area contributed by atoms with Crippen LogP contribution in [0.2, 0.25) is 0 Å². The average molecular weight is 558 g/mol. The lowest BCUT2D eigenvalue weighted by molar-refractivity contribution is -0.384. The molecule has 0 saturated carbocycles. The maximum atomic E-state index is 11.6. The first-order chi connectivity index (χ1) is 19.2. The summed E-state index contributed by atoms with van der Waals surface area (Å²) in [6.07, 6.45) is 1.84. The van der Waals surface area contributed by atoms with E-state index in [1.165, 1.54) is 6.07 Å². The number of nitro benzene ring substituents is 1. The quantitative estimate of drug-likeness (QED) is 0.152. The van der Waals surface area contributed by atoms with Crippen molar-refractivity contribution < 1.29 is 14.4 Å². The summed E-state index contributed by atoms with van der Waals surface area (Å²) in [7, 11) is 1.56. The Balaban J connectivity index is 1.66. The van der Waals surface area contributed by atoms with Gasteiger partial charge in [-0.2, -0.15) is 0 Å². The molecule has 0 bridgehead atoms. The lowest BCUT2D eigenvalue weighted by atomic mass is 9.96. The van der Waals surface area contributed by atoms with Gasteiger partial charge < -0.3 is 24.3 Å². The number of hydrogen-bond donors (Lipinski definition) is 1. The van der Waals surface area contributed by atoms with Crippen LogP contribution in [0.3, 0.4) is 0 Å². The Hall–Kier alpha value is -4.44. The molecule has 40 heavy (non-hydrogen) atoms. The number of anilines is 1. The Bertz CT molecular complexity index is 1550. The number of thiocarbonyl (C=S) groups is 1. The highest BCUT2D eigenvalue weighted by Gasteiger charge is 2.42. The largest absolute Gasteiger partial charge is 0.495 e. The molecule has 1 aliphatic rings. The topological polar surface area (TPSA) is 94.7 Å². The van der Waals surface area contributed by atoms with Gasteiger partial charge in [0.1, 0.15) is 11.5 Å². The highest BCUT2D eigenvalue weighted by Crippen LogP contribution is 2.44. The minimum Gasteiger partial charge on any atom is -0.495 e. The van der Waals surface area contributed by atoms with E-state index in [9.17, 15) is 10.1 Å². The Morgan fingerprint density at radius 3 is 2.45 bits per heavy atom. The zero-order valence-corrected chi connectivity index (χ0v) is 23.8. The molecule has 0 unspecified atom stereocenters. The molecule has 0 radical (unpaired) electrons. The van der Waals surface area contributed by atoms with Gasteiger partial charge in [-0.1, -0.05) is 6.07 Å². The number of methoxy groups -OCH3 is 1. The second kappa shape index (κ2) is 11.0. The first-order valence-electron chi connectivity index (χ1n) is 13.0. The molecule has 1 fully saturated rings. The summed E-state index contributed by atoms with van der Waals surface area (Å²) in [6, 6.07) is 20.0. The van der Waals surface area contributed by atoms with Crippen molar-refractivity contribution in [1.82, 2.24) is 14.9 Å². The Kier molecular flexibility index (Phi) is 7.44. The maximum absolute atomic E-state index is 11.6. The number of aryl methyl sites for hydroxylation is 1. The van der Waals surface area contributed by atoms with Gasteiger partial charge in [0, 0.05) is 35.4 Å². The number of benzene rings is 2. The molecule has 2 aromatic heterocycles. The van der Waals surface area contributed by atoms with Crippen molar-refractivity contribution in [3.8, 4) is 17.2 Å². The fourth-order valence-corrected chi connectivity index (χ4v) is 5.68. The van der Waals surface area contributed by atoms with E-state index in [-0.39, 0.29) is 23.9 Å². The van der Waals surface area contributed by atoms with Gasteiger partial charge in [-0.25, -0.2) is 0 Å². The van der Waals surface area contributed by atoms with Crippen molar-refractivity contribution in [3.05, 3.63) is 106 Å². The summed E-state index contributed by atoms with van der Waals surface area (Å²) < 4.78 is 13.5. The van der Waals surface area contributed by atoms with Gasteiger partial charge in [-0.3, -0.25) is 15.1 Å². The van der Waals surface area contributed by atoms with Crippen LogP contribution in [0.5, 0.6) is 11.5 Å². The number of hydrogen-bond acceptors (Lipinski definition) is 6. The van der Waals surface area contributed by atoms with E-state index in [0.717, 1.165) is 34.1 Å². The van der Waals surface area contributed by atoms with Crippen LogP contribution in [0.25, 0.3) is 5.69 Å². The van der Waals surface area contributed by atoms with Crippen molar-refractivity contribution in [1.29, 1.82) is 0 Å². The normalized spacial score (nSPS) is 16.8. The maximum Gasteiger partial charge on any atom is 0.271 e. The van der Waals surface area contributed by atoms with Crippen LogP contribution in [-0.2, 0) is 0 Å². The van der Waals surface area contributed by atoms with Crippen LogP contribution in [-0.4, -0.2) is 32.8 Å². The number of nitrogens with zero attached hydrogens (tertiary/aromatic N) is 4. The van der Waals surface area contributed by atoms with Crippen LogP contribution in [0.1, 0.15) is 48.6 Å². The predicted molar refractivity (Wildman–Crippen MR) is 159 cm³/mol. The SMILES string of the molecule is COc1ccc([N+](=O)[O-])cc1-n1c(C)cc([C@@H]2[C@H](c3ccccn3)NC(=S)N2c2ccc(OC(C)C)cc2)c1C. The van der Waals surface area contributed by atoms with E-state index >= 15 is 0 Å². The molecule has 2 atom stereocenters. The first-order valence-corrected chi connectivity index (χ1v) is 13.4. The van der Waals surface area contributed by atoms with Gasteiger partial charge in [0.25, 0.3) is 5.69 Å². The number of rotatable bonds is 8. The molecule has 10 heteroatoms.